The number of hydrogen-bond acceptors (Lipinski definition) is 3. The molecular weight excluding hydrogens is 206 g/mol. The van der Waals surface area contributed by atoms with Gasteiger partial charge < -0.3 is 9.47 Å². The van der Waals surface area contributed by atoms with Crippen molar-refractivity contribution in [2.45, 2.75) is 19.4 Å². The predicted molar refractivity (Wildman–Crippen MR) is 59.3 cm³/mol. The summed E-state index contributed by atoms with van der Waals surface area (Å²) in [5.74, 6) is 0.451. The number of hydrogen-bond donors (Lipinski definition) is 0. The van der Waals surface area contributed by atoms with Gasteiger partial charge in [0.15, 0.2) is 5.90 Å². The van der Waals surface area contributed by atoms with E-state index in [-0.39, 0.29) is 6.10 Å². The number of cyclic esters (lactones) is 1. The molecule has 1 aliphatic heterocycles. The maximum absolute atomic E-state index is 11.2. The summed E-state index contributed by atoms with van der Waals surface area (Å²) in [6.45, 7) is 2.37. The van der Waals surface area contributed by atoms with Crippen LogP contribution in [0.25, 0.3) is 0 Å². The summed E-state index contributed by atoms with van der Waals surface area (Å²) in [6.07, 6.45) is -0.361. The zero-order chi connectivity index (χ0) is 11.4. The van der Waals surface area contributed by atoms with Crippen molar-refractivity contribution in [3.05, 3.63) is 35.9 Å². The molecule has 0 fully saturated rings. The highest BCUT2D eigenvalue weighted by atomic mass is 16.6. The van der Waals surface area contributed by atoms with Gasteiger partial charge in [0.2, 0.25) is 0 Å². The summed E-state index contributed by atoms with van der Waals surface area (Å²) in [5, 5.41) is 0. The second kappa shape index (κ2) is 4.79. The first-order valence-corrected chi connectivity index (χ1v) is 5.25. The first kappa shape index (κ1) is 10.7. The molecule has 0 spiro atoms. The first-order chi connectivity index (χ1) is 7.79. The quantitative estimate of drug-likeness (QED) is 0.768. The Labute approximate surface area is 93.9 Å². The Hall–Kier alpha value is -1.84. The van der Waals surface area contributed by atoms with Crippen molar-refractivity contribution in [3.63, 3.8) is 0 Å². The molecule has 0 saturated heterocycles. The maximum atomic E-state index is 11.2. The number of aliphatic imine (C=N–C) groups is 1. The van der Waals surface area contributed by atoms with Gasteiger partial charge in [-0.05, 0) is 12.5 Å². The molecule has 0 bridgehead atoms. The number of carbonyl (C=O) groups is 1. The van der Waals surface area contributed by atoms with Crippen molar-refractivity contribution < 1.29 is 14.3 Å². The van der Waals surface area contributed by atoms with Crippen LogP contribution in [0.4, 0.5) is 4.79 Å². The van der Waals surface area contributed by atoms with Crippen molar-refractivity contribution in [1.82, 2.24) is 0 Å². The number of nitrogens with zero attached hydrogens (tertiary/aromatic N) is 1. The van der Waals surface area contributed by atoms with Crippen molar-refractivity contribution in [1.29, 1.82) is 0 Å². The third-order valence-corrected chi connectivity index (χ3v) is 2.30. The molecule has 16 heavy (non-hydrogen) atoms. The van der Waals surface area contributed by atoms with E-state index in [0.717, 1.165) is 5.56 Å². The van der Waals surface area contributed by atoms with Crippen LogP contribution in [-0.2, 0) is 9.47 Å². The Kier molecular flexibility index (Phi) is 3.19. The van der Waals surface area contributed by atoms with Gasteiger partial charge in [-0.1, -0.05) is 30.3 Å². The highest BCUT2D eigenvalue weighted by molar-refractivity contribution is 5.90. The van der Waals surface area contributed by atoms with Crippen molar-refractivity contribution in [2.24, 2.45) is 4.99 Å². The maximum Gasteiger partial charge on any atom is 0.437 e. The summed E-state index contributed by atoms with van der Waals surface area (Å²) in [4.78, 5) is 14.9. The molecule has 2 rings (SSSR count). The Morgan fingerprint density at radius 2 is 2.19 bits per heavy atom. The molecule has 1 unspecified atom stereocenters. The lowest BCUT2D eigenvalue weighted by molar-refractivity contribution is 0.0972. The van der Waals surface area contributed by atoms with Crippen LogP contribution in [-0.4, -0.2) is 18.6 Å². The monoisotopic (exact) mass is 219 g/mol. The van der Waals surface area contributed by atoms with E-state index in [1.807, 2.05) is 37.3 Å². The molecule has 4 heteroatoms. The number of ether oxygens (including phenoxy) is 2. The zero-order valence-corrected chi connectivity index (χ0v) is 9.05. The third-order valence-electron chi connectivity index (χ3n) is 2.30. The van der Waals surface area contributed by atoms with Crippen molar-refractivity contribution in [2.75, 3.05) is 6.61 Å². The van der Waals surface area contributed by atoms with E-state index in [9.17, 15) is 4.79 Å². The molecule has 1 aromatic rings. The normalized spacial score (nSPS) is 19.9. The summed E-state index contributed by atoms with van der Waals surface area (Å²) in [5.41, 5.74) is 0.961. The van der Waals surface area contributed by atoms with Gasteiger partial charge in [-0.15, -0.1) is 4.99 Å². The molecule has 1 atom stereocenters. The van der Waals surface area contributed by atoms with Crippen LogP contribution in [0.2, 0.25) is 0 Å². The average molecular weight is 219 g/mol. The molecule has 1 aromatic carbocycles. The molecule has 0 saturated carbocycles. The lowest BCUT2D eigenvalue weighted by atomic mass is 10.1. The number of rotatable bonds is 2. The minimum Gasteiger partial charge on any atom is -0.481 e. The van der Waals surface area contributed by atoms with E-state index >= 15 is 0 Å². The van der Waals surface area contributed by atoms with E-state index in [2.05, 4.69) is 4.99 Å². The first-order valence-electron chi connectivity index (χ1n) is 5.25. The molecule has 0 radical (unpaired) electrons. The summed E-state index contributed by atoms with van der Waals surface area (Å²) >= 11 is 0. The highest BCUT2D eigenvalue weighted by Gasteiger charge is 2.25. The van der Waals surface area contributed by atoms with E-state index in [0.29, 0.717) is 18.9 Å². The smallest absolute Gasteiger partial charge is 0.437 e. The van der Waals surface area contributed by atoms with Gasteiger partial charge in [-0.25, -0.2) is 4.79 Å². The van der Waals surface area contributed by atoms with Crippen LogP contribution < -0.4 is 0 Å². The Bertz CT molecular complexity index is 400. The number of benzene rings is 1. The molecule has 1 aliphatic rings. The summed E-state index contributed by atoms with van der Waals surface area (Å²) in [7, 11) is 0. The Balaban J connectivity index is 2.15. The highest BCUT2D eigenvalue weighted by Crippen LogP contribution is 2.25. The van der Waals surface area contributed by atoms with Crippen LogP contribution in [0.15, 0.2) is 35.3 Å². The minimum absolute atomic E-state index is 0.284. The van der Waals surface area contributed by atoms with Crippen molar-refractivity contribution >= 4 is 12.0 Å². The van der Waals surface area contributed by atoms with E-state index < -0.39 is 6.09 Å². The zero-order valence-electron chi connectivity index (χ0n) is 9.05. The average Bonchev–Trinajstić information content (AvgIpc) is 2.30. The molecular formula is C12H13NO3. The van der Waals surface area contributed by atoms with E-state index in [1.165, 1.54) is 0 Å². The van der Waals surface area contributed by atoms with Gasteiger partial charge in [-0.2, -0.15) is 0 Å². The lowest BCUT2D eigenvalue weighted by Crippen LogP contribution is -2.22. The Morgan fingerprint density at radius 3 is 2.88 bits per heavy atom. The summed E-state index contributed by atoms with van der Waals surface area (Å²) in [6, 6.07) is 9.59. The second-order valence-electron chi connectivity index (χ2n) is 3.43. The van der Waals surface area contributed by atoms with E-state index in [1.54, 1.807) is 0 Å². The predicted octanol–water partition coefficient (Wildman–Crippen LogP) is 2.70. The second-order valence-corrected chi connectivity index (χ2v) is 3.43. The SMILES string of the molecule is CCOC1=NC(=O)OC(c2ccccc2)C1. The fourth-order valence-electron chi connectivity index (χ4n) is 1.61. The summed E-state index contributed by atoms with van der Waals surface area (Å²) < 4.78 is 10.4. The van der Waals surface area contributed by atoms with Gasteiger partial charge in [0, 0.05) is 0 Å². The molecule has 1 amide bonds. The third kappa shape index (κ3) is 2.39. The molecule has 0 N–H and O–H groups in total. The van der Waals surface area contributed by atoms with Gasteiger partial charge in [0.05, 0.1) is 13.0 Å². The topological polar surface area (TPSA) is 47.9 Å². The van der Waals surface area contributed by atoms with Gasteiger partial charge in [0.25, 0.3) is 0 Å². The Morgan fingerprint density at radius 1 is 1.44 bits per heavy atom. The standard InChI is InChI=1S/C12H13NO3/c1-2-15-11-8-10(16-12(14)13-11)9-6-4-3-5-7-9/h3-7,10H,2,8H2,1H3. The molecule has 4 nitrogen and oxygen atoms in total. The van der Waals surface area contributed by atoms with Crippen LogP contribution >= 0.6 is 0 Å². The van der Waals surface area contributed by atoms with Crippen LogP contribution in [0.1, 0.15) is 25.0 Å². The van der Waals surface area contributed by atoms with Crippen molar-refractivity contribution in [3.8, 4) is 0 Å². The van der Waals surface area contributed by atoms with Gasteiger partial charge >= 0.3 is 6.09 Å². The van der Waals surface area contributed by atoms with Gasteiger partial charge in [0.1, 0.15) is 6.10 Å². The molecule has 0 aliphatic carbocycles. The fraction of sp³-hybridized carbons (Fsp3) is 0.333. The molecule has 84 valence electrons. The van der Waals surface area contributed by atoms with E-state index in [4.69, 9.17) is 9.47 Å². The molecule has 0 aromatic heterocycles. The van der Waals surface area contributed by atoms with Crippen LogP contribution in [0.5, 0.6) is 0 Å². The number of carbonyl (C=O) groups excluding carboxylic acids is 1. The minimum atomic E-state index is -0.580. The van der Waals surface area contributed by atoms with Crippen LogP contribution in [0.3, 0.4) is 0 Å². The number of amides is 1. The lowest BCUT2D eigenvalue weighted by Gasteiger charge is -2.21. The largest absolute Gasteiger partial charge is 0.481 e. The fourth-order valence-corrected chi connectivity index (χ4v) is 1.61. The van der Waals surface area contributed by atoms with Crippen LogP contribution in [0, 0.1) is 0 Å². The molecule has 1 heterocycles. The van der Waals surface area contributed by atoms with Gasteiger partial charge in [-0.3, -0.25) is 0 Å².